The molecule has 1 aromatic heterocycles. The molecule has 0 saturated carbocycles. The first kappa shape index (κ1) is 10.4. The van der Waals surface area contributed by atoms with Crippen molar-refractivity contribution in [2.24, 2.45) is 0 Å². The van der Waals surface area contributed by atoms with Gasteiger partial charge in [-0.05, 0) is 6.07 Å². The average Bonchev–Trinajstić information content (AvgIpc) is 2.48. The van der Waals surface area contributed by atoms with Crippen molar-refractivity contribution in [2.45, 2.75) is 3.79 Å². The maximum atomic E-state index is 11.3. The first-order valence-corrected chi connectivity index (χ1v) is 4.29. The van der Waals surface area contributed by atoms with Crippen molar-refractivity contribution in [3.63, 3.8) is 0 Å². The Morgan fingerprint density at radius 2 is 2.15 bits per heavy atom. The fourth-order valence-electron chi connectivity index (χ4n) is 0.792. The van der Waals surface area contributed by atoms with Crippen LogP contribution in [0.4, 0.5) is 0 Å². The van der Waals surface area contributed by atoms with Crippen LogP contribution in [0.3, 0.4) is 0 Å². The van der Waals surface area contributed by atoms with E-state index < -0.39 is 9.58 Å². The van der Waals surface area contributed by atoms with Crippen LogP contribution in [0.5, 0.6) is 0 Å². The zero-order valence-electron chi connectivity index (χ0n) is 6.14. The third kappa shape index (κ3) is 2.16. The Morgan fingerprint density at radius 1 is 1.54 bits per heavy atom. The predicted molar refractivity (Wildman–Crippen MR) is 50.1 cm³/mol. The standard InChI is InChI=1S/C7H3Cl3N2O/c8-7(9,10)6(13)5-4(3-11)1-2-12-5/h1-2,12H. The molecule has 0 aliphatic heterocycles. The van der Waals surface area contributed by atoms with Crippen molar-refractivity contribution in [3.05, 3.63) is 23.5 Å². The number of aromatic amines is 1. The number of hydrogen-bond acceptors (Lipinski definition) is 2. The predicted octanol–water partition coefficient (Wildman–Crippen LogP) is 2.44. The van der Waals surface area contributed by atoms with Gasteiger partial charge in [0.2, 0.25) is 5.78 Å². The van der Waals surface area contributed by atoms with Gasteiger partial charge < -0.3 is 4.98 Å². The minimum atomic E-state index is -2.03. The molecule has 0 bridgehead atoms. The zero-order chi connectivity index (χ0) is 10.1. The van der Waals surface area contributed by atoms with Gasteiger partial charge in [-0.25, -0.2) is 0 Å². The summed E-state index contributed by atoms with van der Waals surface area (Å²) in [6, 6.07) is 3.23. The number of hydrogen-bond donors (Lipinski definition) is 1. The SMILES string of the molecule is N#Cc1cc[nH]c1C(=O)C(Cl)(Cl)Cl. The quantitative estimate of drug-likeness (QED) is 0.602. The van der Waals surface area contributed by atoms with E-state index in [0.717, 1.165) is 0 Å². The van der Waals surface area contributed by atoms with Crippen molar-refractivity contribution >= 4 is 40.6 Å². The summed E-state index contributed by atoms with van der Waals surface area (Å²) in [5.41, 5.74) is 0.179. The number of rotatable bonds is 1. The highest BCUT2D eigenvalue weighted by Crippen LogP contribution is 2.30. The van der Waals surface area contributed by atoms with Gasteiger partial charge in [-0.3, -0.25) is 4.79 Å². The second kappa shape index (κ2) is 3.59. The van der Waals surface area contributed by atoms with Crippen molar-refractivity contribution in [2.75, 3.05) is 0 Å². The number of nitrogens with one attached hydrogen (secondary N) is 1. The lowest BCUT2D eigenvalue weighted by Gasteiger charge is -2.07. The molecule has 0 amide bonds. The van der Waals surface area contributed by atoms with Crippen molar-refractivity contribution in [1.29, 1.82) is 5.26 Å². The first-order chi connectivity index (χ1) is 5.96. The van der Waals surface area contributed by atoms with Gasteiger partial charge in [0.05, 0.1) is 5.56 Å². The Labute approximate surface area is 89.2 Å². The van der Waals surface area contributed by atoms with Gasteiger partial charge in [0.15, 0.2) is 0 Å². The summed E-state index contributed by atoms with van der Waals surface area (Å²) in [6.45, 7) is 0. The van der Waals surface area contributed by atoms with E-state index in [0.29, 0.717) is 0 Å². The second-order valence-corrected chi connectivity index (χ2v) is 4.49. The Hall–Kier alpha value is -0.690. The lowest BCUT2D eigenvalue weighted by Crippen LogP contribution is -2.20. The molecular formula is C7H3Cl3N2O. The van der Waals surface area contributed by atoms with Gasteiger partial charge in [0.1, 0.15) is 11.8 Å². The Morgan fingerprint density at radius 3 is 2.62 bits per heavy atom. The highest BCUT2D eigenvalue weighted by Gasteiger charge is 2.33. The molecule has 6 heteroatoms. The fourth-order valence-corrected chi connectivity index (χ4v) is 1.08. The summed E-state index contributed by atoms with van der Waals surface area (Å²) >= 11 is 16.1. The van der Waals surface area contributed by atoms with E-state index in [4.69, 9.17) is 40.1 Å². The average molecular weight is 237 g/mol. The van der Waals surface area contributed by atoms with Crippen LogP contribution in [-0.4, -0.2) is 14.6 Å². The summed E-state index contributed by atoms with van der Waals surface area (Å²) in [5, 5.41) is 8.57. The molecule has 0 aromatic carbocycles. The number of halogens is 3. The topological polar surface area (TPSA) is 56.6 Å². The number of aromatic nitrogens is 1. The number of carbonyl (C=O) groups is 1. The molecule has 0 radical (unpaired) electrons. The molecular weight excluding hydrogens is 234 g/mol. The molecule has 68 valence electrons. The molecule has 1 rings (SSSR count). The first-order valence-electron chi connectivity index (χ1n) is 3.16. The summed E-state index contributed by atoms with van der Waals surface area (Å²) < 4.78 is -2.03. The van der Waals surface area contributed by atoms with E-state index >= 15 is 0 Å². The molecule has 1 aromatic rings. The van der Waals surface area contributed by atoms with Gasteiger partial charge in [0.25, 0.3) is 3.79 Å². The number of Topliss-reactive ketones (excluding diaryl/α,β-unsaturated/α-hetero) is 1. The van der Waals surface area contributed by atoms with Crippen LogP contribution in [0.15, 0.2) is 12.3 Å². The van der Waals surface area contributed by atoms with Crippen LogP contribution >= 0.6 is 34.8 Å². The molecule has 0 fully saturated rings. The van der Waals surface area contributed by atoms with Crippen LogP contribution in [0.2, 0.25) is 0 Å². The molecule has 0 aliphatic rings. The zero-order valence-corrected chi connectivity index (χ0v) is 8.41. The maximum Gasteiger partial charge on any atom is 0.255 e. The summed E-state index contributed by atoms with van der Waals surface area (Å²) in [6.07, 6.45) is 1.43. The number of alkyl halides is 3. The monoisotopic (exact) mass is 236 g/mol. The Bertz CT molecular complexity index is 372. The maximum absolute atomic E-state index is 11.3. The minimum Gasteiger partial charge on any atom is -0.358 e. The van der Waals surface area contributed by atoms with E-state index in [1.807, 2.05) is 0 Å². The summed E-state index contributed by atoms with van der Waals surface area (Å²) in [4.78, 5) is 13.9. The van der Waals surface area contributed by atoms with Crippen LogP contribution in [0.1, 0.15) is 16.1 Å². The van der Waals surface area contributed by atoms with Crippen molar-refractivity contribution in [3.8, 4) is 6.07 Å². The molecule has 3 nitrogen and oxygen atoms in total. The van der Waals surface area contributed by atoms with E-state index in [-0.39, 0.29) is 11.3 Å². The highest BCUT2D eigenvalue weighted by atomic mass is 35.6. The Balaban J connectivity index is 3.11. The van der Waals surface area contributed by atoms with Crippen molar-refractivity contribution < 1.29 is 4.79 Å². The van der Waals surface area contributed by atoms with Crippen LogP contribution < -0.4 is 0 Å². The van der Waals surface area contributed by atoms with E-state index in [9.17, 15) is 4.79 Å². The van der Waals surface area contributed by atoms with Gasteiger partial charge in [-0.15, -0.1) is 0 Å². The number of carbonyl (C=O) groups excluding carboxylic acids is 1. The molecule has 0 atom stereocenters. The second-order valence-electron chi connectivity index (χ2n) is 2.21. The van der Waals surface area contributed by atoms with Gasteiger partial charge in [-0.2, -0.15) is 5.26 Å². The molecule has 0 aliphatic carbocycles. The fraction of sp³-hybridized carbons (Fsp3) is 0.143. The smallest absolute Gasteiger partial charge is 0.255 e. The van der Waals surface area contributed by atoms with Gasteiger partial charge >= 0.3 is 0 Å². The third-order valence-electron chi connectivity index (χ3n) is 1.35. The van der Waals surface area contributed by atoms with Crippen LogP contribution in [-0.2, 0) is 0 Å². The lowest BCUT2D eigenvalue weighted by atomic mass is 10.2. The highest BCUT2D eigenvalue weighted by molar-refractivity contribution is 6.77. The minimum absolute atomic E-state index is 0.0162. The largest absolute Gasteiger partial charge is 0.358 e. The molecule has 0 saturated heterocycles. The summed E-state index contributed by atoms with van der Waals surface area (Å²) in [7, 11) is 0. The van der Waals surface area contributed by atoms with Crippen LogP contribution in [0, 0.1) is 11.3 Å². The molecule has 0 unspecified atom stereocenters. The van der Waals surface area contributed by atoms with Crippen LogP contribution in [0.25, 0.3) is 0 Å². The number of H-pyrrole nitrogens is 1. The van der Waals surface area contributed by atoms with E-state index in [1.165, 1.54) is 12.3 Å². The molecule has 1 N–H and O–H groups in total. The number of ketones is 1. The van der Waals surface area contributed by atoms with E-state index in [2.05, 4.69) is 4.98 Å². The van der Waals surface area contributed by atoms with E-state index in [1.54, 1.807) is 6.07 Å². The summed E-state index contributed by atoms with van der Waals surface area (Å²) in [5.74, 6) is -0.737. The van der Waals surface area contributed by atoms with Gasteiger partial charge in [-0.1, -0.05) is 34.8 Å². The third-order valence-corrected chi connectivity index (χ3v) is 1.87. The Kier molecular flexibility index (Phi) is 2.87. The number of nitrogens with zero attached hydrogens (tertiary/aromatic N) is 1. The van der Waals surface area contributed by atoms with Crippen molar-refractivity contribution in [1.82, 2.24) is 4.98 Å². The normalized spacial score (nSPS) is 10.9. The van der Waals surface area contributed by atoms with Gasteiger partial charge in [0, 0.05) is 6.20 Å². The lowest BCUT2D eigenvalue weighted by molar-refractivity contribution is 0.0992. The number of nitriles is 1. The molecule has 1 heterocycles. The molecule has 0 spiro atoms. The molecule has 13 heavy (non-hydrogen) atoms.